The Hall–Kier alpha value is -3.12. The van der Waals surface area contributed by atoms with E-state index in [1.165, 1.54) is 0 Å². The van der Waals surface area contributed by atoms with Crippen molar-refractivity contribution in [1.82, 2.24) is 19.6 Å². The zero-order chi connectivity index (χ0) is 21.0. The van der Waals surface area contributed by atoms with Crippen LogP contribution in [0.3, 0.4) is 0 Å². The largest absolute Gasteiger partial charge is 0.334 e. The van der Waals surface area contributed by atoms with Crippen LogP contribution in [0, 0.1) is 6.92 Å². The number of carbonyl (C=O) groups is 2. The monoisotopic (exact) mass is 420 g/mol. The summed E-state index contributed by atoms with van der Waals surface area (Å²) in [5.74, 6) is -0.0842. The molecular formula is C23H21ClN4O2. The first kappa shape index (κ1) is 18.9. The SMILES string of the molecule is Cc1nn(-c2ccccc2)c2c1C(C)N(C1CN(C(=O)c3cccc(Cl)c3)C1)C2=O. The van der Waals surface area contributed by atoms with E-state index in [9.17, 15) is 9.59 Å². The van der Waals surface area contributed by atoms with E-state index in [0.29, 0.717) is 29.4 Å². The minimum absolute atomic E-state index is 0.00772. The summed E-state index contributed by atoms with van der Waals surface area (Å²) in [5.41, 5.74) is 3.91. The molecule has 1 fully saturated rings. The molecule has 2 aliphatic rings. The lowest BCUT2D eigenvalue weighted by atomic mass is 10.0. The lowest BCUT2D eigenvalue weighted by Crippen LogP contribution is -2.61. The average Bonchev–Trinajstić information content (AvgIpc) is 3.18. The third-order valence-corrected chi connectivity index (χ3v) is 6.23. The summed E-state index contributed by atoms with van der Waals surface area (Å²) in [7, 11) is 0. The highest BCUT2D eigenvalue weighted by Crippen LogP contribution is 2.39. The van der Waals surface area contributed by atoms with Crippen LogP contribution in [0.5, 0.6) is 0 Å². The second-order valence-electron chi connectivity index (χ2n) is 7.86. The highest BCUT2D eigenvalue weighted by atomic mass is 35.5. The van der Waals surface area contributed by atoms with Crippen molar-refractivity contribution < 1.29 is 9.59 Å². The maximum absolute atomic E-state index is 13.4. The van der Waals surface area contributed by atoms with Crippen molar-refractivity contribution in [2.75, 3.05) is 13.1 Å². The third-order valence-electron chi connectivity index (χ3n) is 5.99. The van der Waals surface area contributed by atoms with Gasteiger partial charge >= 0.3 is 0 Å². The lowest BCUT2D eigenvalue weighted by Gasteiger charge is -2.45. The van der Waals surface area contributed by atoms with Crippen LogP contribution in [0.2, 0.25) is 5.02 Å². The molecule has 0 N–H and O–H groups in total. The van der Waals surface area contributed by atoms with Crippen molar-refractivity contribution in [3.63, 3.8) is 0 Å². The number of halogens is 1. The fraction of sp³-hybridized carbons (Fsp3) is 0.261. The molecule has 2 aromatic carbocycles. The average molecular weight is 421 g/mol. The fourth-order valence-electron chi connectivity index (χ4n) is 4.52. The van der Waals surface area contributed by atoms with Gasteiger partial charge in [-0.25, -0.2) is 4.68 Å². The topological polar surface area (TPSA) is 58.4 Å². The Morgan fingerprint density at radius 2 is 1.83 bits per heavy atom. The van der Waals surface area contributed by atoms with E-state index in [0.717, 1.165) is 16.9 Å². The molecule has 30 heavy (non-hydrogen) atoms. The highest BCUT2D eigenvalue weighted by molar-refractivity contribution is 6.31. The molecule has 3 heterocycles. The van der Waals surface area contributed by atoms with Crippen molar-refractivity contribution in [2.24, 2.45) is 0 Å². The van der Waals surface area contributed by atoms with E-state index in [4.69, 9.17) is 11.6 Å². The molecule has 3 aromatic rings. The van der Waals surface area contributed by atoms with Gasteiger partial charge in [0.1, 0.15) is 5.69 Å². The number of para-hydroxylation sites is 1. The van der Waals surface area contributed by atoms with Gasteiger partial charge in [0.2, 0.25) is 0 Å². The van der Waals surface area contributed by atoms with Gasteiger partial charge in [-0.2, -0.15) is 5.10 Å². The zero-order valence-electron chi connectivity index (χ0n) is 16.7. The number of nitrogens with zero attached hydrogens (tertiary/aromatic N) is 4. The molecule has 2 amide bonds. The molecule has 5 rings (SSSR count). The number of likely N-dealkylation sites (tertiary alicyclic amines) is 1. The maximum Gasteiger partial charge on any atom is 0.273 e. The van der Waals surface area contributed by atoms with Crippen LogP contribution < -0.4 is 0 Å². The Morgan fingerprint density at radius 3 is 2.53 bits per heavy atom. The van der Waals surface area contributed by atoms with E-state index in [1.54, 1.807) is 33.8 Å². The van der Waals surface area contributed by atoms with Gasteiger partial charge in [-0.1, -0.05) is 35.9 Å². The van der Waals surface area contributed by atoms with Crippen LogP contribution in [0.25, 0.3) is 5.69 Å². The molecule has 152 valence electrons. The van der Waals surface area contributed by atoms with E-state index >= 15 is 0 Å². The molecule has 1 unspecified atom stereocenters. The molecule has 0 radical (unpaired) electrons. The summed E-state index contributed by atoms with van der Waals surface area (Å²) >= 11 is 6.01. The highest BCUT2D eigenvalue weighted by Gasteiger charge is 2.47. The molecular weight excluding hydrogens is 400 g/mol. The first-order valence-electron chi connectivity index (χ1n) is 9.98. The summed E-state index contributed by atoms with van der Waals surface area (Å²) in [5, 5.41) is 5.16. The van der Waals surface area contributed by atoms with Crippen molar-refractivity contribution >= 4 is 23.4 Å². The minimum Gasteiger partial charge on any atom is -0.334 e. The Labute approximate surface area is 179 Å². The van der Waals surface area contributed by atoms with Crippen molar-refractivity contribution in [2.45, 2.75) is 25.9 Å². The predicted octanol–water partition coefficient (Wildman–Crippen LogP) is 3.88. The van der Waals surface area contributed by atoms with Crippen LogP contribution in [0.4, 0.5) is 0 Å². The second kappa shape index (κ2) is 6.99. The first-order valence-corrected chi connectivity index (χ1v) is 10.4. The molecule has 0 aliphatic carbocycles. The summed E-state index contributed by atoms with van der Waals surface area (Å²) in [6, 6.07) is 16.6. The van der Waals surface area contributed by atoms with Crippen LogP contribution >= 0.6 is 11.6 Å². The number of hydrogen-bond donors (Lipinski definition) is 0. The number of aromatic nitrogens is 2. The van der Waals surface area contributed by atoms with Gasteiger partial charge in [0.25, 0.3) is 11.8 Å². The van der Waals surface area contributed by atoms with Crippen molar-refractivity contribution in [3.05, 3.63) is 82.1 Å². The van der Waals surface area contributed by atoms with E-state index in [1.807, 2.05) is 49.1 Å². The quantitative estimate of drug-likeness (QED) is 0.646. The van der Waals surface area contributed by atoms with Gasteiger partial charge in [0, 0.05) is 29.2 Å². The van der Waals surface area contributed by atoms with E-state index < -0.39 is 0 Å². The van der Waals surface area contributed by atoms with Crippen molar-refractivity contribution in [3.8, 4) is 5.69 Å². The summed E-state index contributed by atoms with van der Waals surface area (Å²) in [6.45, 7) is 5.02. The molecule has 1 atom stereocenters. The molecule has 1 aromatic heterocycles. The Bertz CT molecular complexity index is 1150. The maximum atomic E-state index is 13.4. The molecule has 0 spiro atoms. The molecule has 7 heteroatoms. The predicted molar refractivity (Wildman–Crippen MR) is 114 cm³/mol. The van der Waals surface area contributed by atoms with Gasteiger partial charge in [0.15, 0.2) is 0 Å². The molecule has 6 nitrogen and oxygen atoms in total. The standard InChI is InChI=1S/C23H21ClN4O2/c1-14-20-15(2)27(23(30)21(20)28(25-14)18-9-4-3-5-10-18)19-12-26(13-19)22(29)16-7-6-8-17(24)11-16/h3-11,15,19H,12-13H2,1-2H3. The number of fused-ring (bicyclic) bond motifs is 1. The smallest absolute Gasteiger partial charge is 0.273 e. The zero-order valence-corrected chi connectivity index (χ0v) is 17.5. The van der Waals surface area contributed by atoms with Gasteiger partial charge in [-0.3, -0.25) is 9.59 Å². The first-order chi connectivity index (χ1) is 14.5. The third kappa shape index (κ3) is 2.82. The molecule has 1 saturated heterocycles. The molecule has 2 aliphatic heterocycles. The number of amides is 2. The van der Waals surface area contributed by atoms with Crippen LogP contribution in [0.1, 0.15) is 45.1 Å². The summed E-state index contributed by atoms with van der Waals surface area (Å²) in [6.07, 6.45) is 0. The molecule has 0 saturated carbocycles. The fourth-order valence-corrected chi connectivity index (χ4v) is 4.71. The second-order valence-corrected chi connectivity index (χ2v) is 8.29. The van der Waals surface area contributed by atoms with Crippen LogP contribution in [0.15, 0.2) is 54.6 Å². The van der Waals surface area contributed by atoms with Gasteiger partial charge in [-0.05, 0) is 44.2 Å². The van der Waals surface area contributed by atoms with Crippen LogP contribution in [-0.2, 0) is 0 Å². The number of rotatable bonds is 3. The number of aryl methyl sites for hydroxylation is 1. The van der Waals surface area contributed by atoms with Crippen molar-refractivity contribution in [1.29, 1.82) is 0 Å². The Balaban J connectivity index is 1.37. The number of benzene rings is 2. The number of hydrogen-bond acceptors (Lipinski definition) is 3. The number of carbonyl (C=O) groups excluding carboxylic acids is 2. The Kier molecular flexibility index (Phi) is 4.40. The minimum atomic E-state index is -0.0709. The summed E-state index contributed by atoms with van der Waals surface area (Å²) < 4.78 is 1.75. The summed E-state index contributed by atoms with van der Waals surface area (Å²) in [4.78, 5) is 29.8. The normalized spacial score (nSPS) is 18.5. The van der Waals surface area contributed by atoms with Crippen LogP contribution in [-0.4, -0.2) is 50.5 Å². The van der Waals surface area contributed by atoms with E-state index in [2.05, 4.69) is 5.10 Å². The Morgan fingerprint density at radius 1 is 1.10 bits per heavy atom. The van der Waals surface area contributed by atoms with Gasteiger partial charge < -0.3 is 9.80 Å². The van der Waals surface area contributed by atoms with Gasteiger partial charge in [0.05, 0.1) is 23.5 Å². The lowest BCUT2D eigenvalue weighted by molar-refractivity contribution is 0.0164. The molecule has 0 bridgehead atoms. The van der Waals surface area contributed by atoms with Gasteiger partial charge in [-0.15, -0.1) is 0 Å². The van der Waals surface area contributed by atoms with E-state index in [-0.39, 0.29) is 23.9 Å².